The molecule has 3 aliphatic rings. The number of rotatable bonds is 12. The van der Waals surface area contributed by atoms with Gasteiger partial charge in [-0.3, -0.25) is 4.90 Å². The van der Waals surface area contributed by atoms with Crippen molar-refractivity contribution in [2.75, 3.05) is 72.6 Å². The number of likely N-dealkylation sites (N-methyl/N-ethyl adjacent to an activating group) is 1. The maximum atomic E-state index is 6.53. The molecule has 1 atom stereocenters. The second-order valence-electron chi connectivity index (χ2n) is 12.2. The highest BCUT2D eigenvalue weighted by atomic mass is 16.5. The van der Waals surface area contributed by atoms with Gasteiger partial charge in [0.1, 0.15) is 0 Å². The molecule has 0 amide bonds. The Kier molecular flexibility index (Phi) is 11.4. The van der Waals surface area contributed by atoms with Gasteiger partial charge >= 0.3 is 0 Å². The Labute approximate surface area is 205 Å². The van der Waals surface area contributed by atoms with E-state index < -0.39 is 0 Å². The summed E-state index contributed by atoms with van der Waals surface area (Å²) < 4.78 is 12.6. The normalized spacial score (nSPS) is 28.3. The molecule has 2 heterocycles. The molecule has 0 spiro atoms. The van der Waals surface area contributed by atoms with Crippen LogP contribution in [-0.2, 0) is 9.47 Å². The van der Waals surface area contributed by atoms with Crippen LogP contribution in [0.2, 0.25) is 0 Å². The van der Waals surface area contributed by atoms with Crippen molar-refractivity contribution in [1.29, 1.82) is 0 Å². The fourth-order valence-electron chi connectivity index (χ4n) is 6.28. The Hall–Kier alpha value is -0.200. The first-order valence-corrected chi connectivity index (χ1v) is 14.2. The van der Waals surface area contributed by atoms with E-state index in [0.717, 1.165) is 31.6 Å². The van der Waals surface area contributed by atoms with E-state index in [2.05, 4.69) is 49.4 Å². The topological polar surface area (TPSA) is 28.2 Å². The summed E-state index contributed by atoms with van der Waals surface area (Å²) in [5.74, 6) is 1.68. The first-order chi connectivity index (χ1) is 15.8. The van der Waals surface area contributed by atoms with E-state index in [1.54, 1.807) is 0 Å². The monoisotopic (exact) mass is 465 g/mol. The fraction of sp³-hybridized carbons (Fsp3) is 1.00. The van der Waals surface area contributed by atoms with Gasteiger partial charge in [0.2, 0.25) is 0 Å². The first kappa shape index (κ1) is 27.4. The van der Waals surface area contributed by atoms with Crippen molar-refractivity contribution in [2.45, 2.75) is 91.3 Å². The van der Waals surface area contributed by atoms with Crippen LogP contribution in [0.1, 0.15) is 79.1 Å². The number of piperazine rings is 1. The molecule has 1 aliphatic carbocycles. The Balaban J connectivity index is 1.25. The zero-order valence-corrected chi connectivity index (χ0v) is 22.7. The summed E-state index contributed by atoms with van der Waals surface area (Å²) in [5, 5.41) is 0. The summed E-state index contributed by atoms with van der Waals surface area (Å²) in [4.78, 5) is 7.51. The molecular weight excluding hydrogens is 410 g/mol. The van der Waals surface area contributed by atoms with Crippen LogP contribution in [0.25, 0.3) is 0 Å². The molecule has 0 radical (unpaired) electrons. The van der Waals surface area contributed by atoms with Gasteiger partial charge in [-0.1, -0.05) is 27.7 Å². The van der Waals surface area contributed by atoms with Crippen LogP contribution >= 0.6 is 0 Å². The maximum absolute atomic E-state index is 6.53. The van der Waals surface area contributed by atoms with Crippen LogP contribution in [0, 0.1) is 17.3 Å². The number of hydrogen-bond donors (Lipinski definition) is 0. The highest BCUT2D eigenvalue weighted by molar-refractivity contribution is 4.82. The summed E-state index contributed by atoms with van der Waals surface area (Å²) in [6.07, 6.45) is 11.3. The third-order valence-electron chi connectivity index (χ3n) is 8.84. The zero-order valence-electron chi connectivity index (χ0n) is 22.7. The first-order valence-electron chi connectivity index (χ1n) is 14.2. The lowest BCUT2D eigenvalue weighted by atomic mass is 9.72. The second-order valence-corrected chi connectivity index (χ2v) is 12.2. The molecule has 0 aromatic carbocycles. The van der Waals surface area contributed by atoms with Crippen LogP contribution in [0.15, 0.2) is 0 Å². The van der Waals surface area contributed by atoms with Crippen molar-refractivity contribution >= 4 is 0 Å². The van der Waals surface area contributed by atoms with E-state index in [1.165, 1.54) is 97.2 Å². The molecule has 3 fully saturated rings. The molecule has 194 valence electrons. The standard InChI is InChI=1S/C28H55N3O2/c1-6-30-14-11-27(12-15-30)33-26-9-7-25(8-10-26)24(2)23-28(3,4)13-21-32-22-20-31-18-16-29(5)17-19-31/h24-27H,6-23H2,1-5H3. The summed E-state index contributed by atoms with van der Waals surface area (Å²) in [5.41, 5.74) is 0.369. The van der Waals surface area contributed by atoms with Crippen molar-refractivity contribution in [3.63, 3.8) is 0 Å². The van der Waals surface area contributed by atoms with Crippen LogP contribution in [0.4, 0.5) is 0 Å². The van der Waals surface area contributed by atoms with Gasteiger partial charge in [0.05, 0.1) is 18.8 Å². The van der Waals surface area contributed by atoms with Crippen LogP contribution < -0.4 is 0 Å². The zero-order chi connectivity index (χ0) is 23.7. The van der Waals surface area contributed by atoms with Crippen LogP contribution in [0.5, 0.6) is 0 Å². The quantitative estimate of drug-likeness (QED) is 0.388. The van der Waals surface area contributed by atoms with E-state index >= 15 is 0 Å². The Morgan fingerprint density at radius 2 is 1.45 bits per heavy atom. The van der Waals surface area contributed by atoms with Crippen molar-refractivity contribution in [2.24, 2.45) is 17.3 Å². The minimum absolute atomic E-state index is 0.369. The SMILES string of the molecule is CCN1CCC(OC2CCC(C(C)CC(C)(C)CCOCCN3CCN(C)CC3)CC2)CC1. The number of ether oxygens (including phenoxy) is 2. The molecule has 0 bridgehead atoms. The van der Waals surface area contributed by atoms with Crippen molar-refractivity contribution in [3.05, 3.63) is 0 Å². The van der Waals surface area contributed by atoms with Gasteiger partial charge in [-0.15, -0.1) is 0 Å². The predicted octanol–water partition coefficient (Wildman–Crippen LogP) is 4.75. The molecule has 33 heavy (non-hydrogen) atoms. The highest BCUT2D eigenvalue weighted by Crippen LogP contribution is 2.39. The largest absolute Gasteiger partial charge is 0.380 e. The van der Waals surface area contributed by atoms with E-state index in [0.29, 0.717) is 17.6 Å². The van der Waals surface area contributed by atoms with E-state index in [1.807, 2.05) is 0 Å². The van der Waals surface area contributed by atoms with Gasteiger partial charge in [0, 0.05) is 52.4 Å². The molecule has 5 heteroatoms. The molecule has 2 aliphatic heterocycles. The predicted molar refractivity (Wildman–Crippen MR) is 139 cm³/mol. The lowest BCUT2D eigenvalue weighted by Gasteiger charge is -2.38. The number of piperidine rings is 1. The molecule has 2 saturated heterocycles. The smallest absolute Gasteiger partial charge is 0.0603 e. The molecular formula is C28H55N3O2. The molecule has 3 rings (SSSR count). The third kappa shape index (κ3) is 9.76. The van der Waals surface area contributed by atoms with Gasteiger partial charge in [-0.2, -0.15) is 0 Å². The van der Waals surface area contributed by atoms with E-state index in [-0.39, 0.29) is 0 Å². The maximum Gasteiger partial charge on any atom is 0.0603 e. The van der Waals surface area contributed by atoms with Crippen molar-refractivity contribution < 1.29 is 9.47 Å². The van der Waals surface area contributed by atoms with E-state index in [9.17, 15) is 0 Å². The van der Waals surface area contributed by atoms with E-state index in [4.69, 9.17) is 9.47 Å². The van der Waals surface area contributed by atoms with Gasteiger partial charge in [-0.25, -0.2) is 0 Å². The number of hydrogen-bond acceptors (Lipinski definition) is 5. The number of nitrogens with zero attached hydrogens (tertiary/aromatic N) is 3. The molecule has 5 nitrogen and oxygen atoms in total. The summed E-state index contributed by atoms with van der Waals surface area (Å²) in [6, 6.07) is 0. The summed E-state index contributed by atoms with van der Waals surface area (Å²) in [7, 11) is 2.22. The average molecular weight is 466 g/mol. The van der Waals surface area contributed by atoms with Gasteiger partial charge in [0.25, 0.3) is 0 Å². The lowest BCUT2D eigenvalue weighted by molar-refractivity contribution is -0.0638. The van der Waals surface area contributed by atoms with Crippen molar-refractivity contribution in [1.82, 2.24) is 14.7 Å². The summed E-state index contributed by atoms with van der Waals surface area (Å²) >= 11 is 0. The average Bonchev–Trinajstić information content (AvgIpc) is 2.80. The number of likely N-dealkylation sites (tertiary alicyclic amines) is 1. The molecule has 1 saturated carbocycles. The molecule has 1 unspecified atom stereocenters. The van der Waals surface area contributed by atoms with Gasteiger partial charge < -0.3 is 19.3 Å². The minimum Gasteiger partial charge on any atom is -0.380 e. The van der Waals surface area contributed by atoms with Gasteiger partial charge in [0.15, 0.2) is 0 Å². The molecule has 0 N–H and O–H groups in total. The summed E-state index contributed by atoms with van der Waals surface area (Å²) in [6.45, 7) is 21.0. The fourth-order valence-corrected chi connectivity index (χ4v) is 6.28. The third-order valence-corrected chi connectivity index (χ3v) is 8.84. The Morgan fingerprint density at radius 1 is 0.818 bits per heavy atom. The Morgan fingerprint density at radius 3 is 2.09 bits per heavy atom. The Bertz CT molecular complexity index is 519. The van der Waals surface area contributed by atoms with Crippen LogP contribution in [-0.4, -0.2) is 99.5 Å². The minimum atomic E-state index is 0.369. The van der Waals surface area contributed by atoms with Gasteiger partial charge in [-0.05, 0) is 82.2 Å². The molecule has 0 aromatic rings. The lowest BCUT2D eigenvalue weighted by Crippen LogP contribution is -2.45. The van der Waals surface area contributed by atoms with Crippen molar-refractivity contribution in [3.8, 4) is 0 Å². The highest BCUT2D eigenvalue weighted by Gasteiger charge is 2.31. The molecule has 0 aromatic heterocycles. The van der Waals surface area contributed by atoms with Crippen LogP contribution in [0.3, 0.4) is 0 Å². The second kappa shape index (κ2) is 13.8.